The third kappa shape index (κ3) is 2.19. The molecule has 0 atom stereocenters. The molecule has 96 valence electrons. The number of benzene rings is 1. The van der Waals surface area contributed by atoms with Crippen LogP contribution in [0, 0.1) is 12.7 Å². The monoisotopic (exact) mass is 276 g/mol. The Hall–Kier alpha value is -2.28. The number of amides is 1. The van der Waals surface area contributed by atoms with Gasteiger partial charge in [0.05, 0.1) is 11.2 Å². The van der Waals surface area contributed by atoms with E-state index in [-0.39, 0.29) is 11.6 Å². The zero-order chi connectivity index (χ0) is 13.4. The molecule has 3 aromatic rings. The van der Waals surface area contributed by atoms with Crippen molar-refractivity contribution in [2.75, 3.05) is 5.32 Å². The molecule has 0 fully saturated rings. The fourth-order valence-corrected chi connectivity index (χ4v) is 2.41. The normalized spacial score (nSPS) is 10.8. The highest BCUT2D eigenvalue weighted by Gasteiger charge is 2.15. The van der Waals surface area contributed by atoms with Gasteiger partial charge >= 0.3 is 0 Å². The van der Waals surface area contributed by atoms with Gasteiger partial charge in [-0.1, -0.05) is 0 Å². The van der Waals surface area contributed by atoms with Gasteiger partial charge in [0, 0.05) is 5.39 Å². The molecule has 0 aliphatic carbocycles. The fourth-order valence-electron chi connectivity index (χ4n) is 1.75. The average Bonchev–Trinajstić information content (AvgIpc) is 2.95. The average molecular weight is 276 g/mol. The summed E-state index contributed by atoms with van der Waals surface area (Å²) >= 11 is 1.19. The Kier molecular flexibility index (Phi) is 2.75. The molecular weight excluding hydrogens is 267 g/mol. The van der Waals surface area contributed by atoms with Gasteiger partial charge in [0.1, 0.15) is 10.8 Å². The summed E-state index contributed by atoms with van der Waals surface area (Å²) in [5.74, 6) is -0.794. The minimum Gasteiger partial charge on any atom is -0.311 e. The van der Waals surface area contributed by atoms with Crippen LogP contribution >= 0.6 is 11.5 Å². The molecule has 0 bridgehead atoms. The number of aromatic nitrogens is 3. The lowest BCUT2D eigenvalue weighted by atomic mass is 10.2. The maximum Gasteiger partial charge on any atom is 0.277 e. The molecule has 1 aromatic carbocycles. The first-order chi connectivity index (χ1) is 9.13. The van der Waals surface area contributed by atoms with E-state index in [1.807, 2.05) is 6.92 Å². The molecular formula is C12H9FN4OS. The minimum atomic E-state index is -0.406. The van der Waals surface area contributed by atoms with E-state index < -0.39 is 5.82 Å². The van der Waals surface area contributed by atoms with Crippen LogP contribution in [0.3, 0.4) is 0 Å². The number of nitrogens with zero attached hydrogens (tertiary/aromatic N) is 2. The van der Waals surface area contributed by atoms with Crippen LogP contribution in [0.4, 0.5) is 9.39 Å². The van der Waals surface area contributed by atoms with E-state index in [0.717, 1.165) is 5.69 Å². The number of rotatable bonds is 2. The van der Waals surface area contributed by atoms with Gasteiger partial charge in [-0.05, 0) is 42.7 Å². The Balaban J connectivity index is 1.95. The summed E-state index contributed by atoms with van der Waals surface area (Å²) in [5.41, 5.74) is 1.62. The van der Waals surface area contributed by atoms with Crippen molar-refractivity contribution in [1.82, 2.24) is 14.6 Å². The third-order valence-corrected chi connectivity index (χ3v) is 3.40. The van der Waals surface area contributed by atoms with Gasteiger partial charge in [-0.15, -0.1) is 0 Å². The number of hydrogen-bond acceptors (Lipinski definition) is 4. The quantitative estimate of drug-likeness (QED) is 0.756. The molecule has 5 nitrogen and oxygen atoms in total. The lowest BCUT2D eigenvalue weighted by molar-refractivity contribution is 0.102. The number of nitrogens with one attached hydrogen (secondary N) is 2. The first kappa shape index (κ1) is 11.8. The Labute approximate surface area is 111 Å². The standard InChI is InChI=1S/C12H9FN4OS/c1-6-4-10(19-17-6)14-12(18)11-8-5-7(13)2-3-9(8)15-16-11/h2-5H,1H3,(H,14,18)(H,15,16). The van der Waals surface area contributed by atoms with Crippen molar-refractivity contribution in [3.05, 3.63) is 41.5 Å². The number of halogens is 1. The SMILES string of the molecule is Cc1cc(NC(=O)c2n[nH]c3ccc(F)cc23)sn1. The summed E-state index contributed by atoms with van der Waals surface area (Å²) < 4.78 is 17.3. The van der Waals surface area contributed by atoms with Gasteiger partial charge in [0.2, 0.25) is 0 Å². The van der Waals surface area contributed by atoms with E-state index in [2.05, 4.69) is 19.9 Å². The van der Waals surface area contributed by atoms with Crippen molar-refractivity contribution in [3.8, 4) is 0 Å². The van der Waals surface area contributed by atoms with E-state index in [0.29, 0.717) is 15.9 Å². The van der Waals surface area contributed by atoms with Gasteiger partial charge in [0.15, 0.2) is 5.69 Å². The molecule has 0 spiro atoms. The zero-order valence-electron chi connectivity index (χ0n) is 9.90. The lowest BCUT2D eigenvalue weighted by Crippen LogP contribution is -2.11. The second-order valence-electron chi connectivity index (χ2n) is 4.05. The van der Waals surface area contributed by atoms with Crippen LogP contribution < -0.4 is 5.32 Å². The topological polar surface area (TPSA) is 70.7 Å². The van der Waals surface area contributed by atoms with E-state index in [9.17, 15) is 9.18 Å². The molecule has 7 heteroatoms. The van der Waals surface area contributed by atoms with E-state index >= 15 is 0 Å². The zero-order valence-corrected chi connectivity index (χ0v) is 10.7. The predicted molar refractivity (Wildman–Crippen MR) is 70.9 cm³/mol. The number of carbonyl (C=O) groups is 1. The molecule has 0 unspecified atom stereocenters. The molecule has 0 saturated carbocycles. The van der Waals surface area contributed by atoms with Gasteiger partial charge < -0.3 is 5.32 Å². The van der Waals surface area contributed by atoms with Gasteiger partial charge in [-0.3, -0.25) is 9.89 Å². The summed E-state index contributed by atoms with van der Waals surface area (Å²) in [4.78, 5) is 12.1. The number of H-pyrrole nitrogens is 1. The third-order valence-electron chi connectivity index (χ3n) is 2.60. The highest BCUT2D eigenvalue weighted by Crippen LogP contribution is 2.20. The van der Waals surface area contributed by atoms with Crippen molar-refractivity contribution in [2.24, 2.45) is 0 Å². The summed E-state index contributed by atoms with van der Waals surface area (Å²) in [5, 5.41) is 10.4. The van der Waals surface area contributed by atoms with Crippen LogP contribution in [0.2, 0.25) is 0 Å². The van der Waals surface area contributed by atoms with Crippen LogP contribution in [0.5, 0.6) is 0 Å². The van der Waals surface area contributed by atoms with Gasteiger partial charge in [0.25, 0.3) is 5.91 Å². The number of aryl methyl sites for hydroxylation is 1. The van der Waals surface area contributed by atoms with Gasteiger partial charge in [-0.2, -0.15) is 9.47 Å². The Morgan fingerprint density at radius 3 is 3.00 bits per heavy atom. The molecule has 0 aliphatic rings. The van der Waals surface area contributed by atoms with Crippen LogP contribution in [0.1, 0.15) is 16.2 Å². The maximum absolute atomic E-state index is 13.2. The van der Waals surface area contributed by atoms with Crippen LogP contribution in [-0.2, 0) is 0 Å². The summed E-state index contributed by atoms with van der Waals surface area (Å²) in [6, 6.07) is 5.91. The second kappa shape index (κ2) is 4.43. The highest BCUT2D eigenvalue weighted by molar-refractivity contribution is 7.10. The van der Waals surface area contributed by atoms with Crippen molar-refractivity contribution in [1.29, 1.82) is 0 Å². The summed E-state index contributed by atoms with van der Waals surface area (Å²) in [6.07, 6.45) is 0. The van der Waals surface area contributed by atoms with Crippen molar-refractivity contribution in [3.63, 3.8) is 0 Å². The number of hydrogen-bond donors (Lipinski definition) is 2. The fraction of sp³-hybridized carbons (Fsp3) is 0.0833. The van der Waals surface area contributed by atoms with Crippen LogP contribution in [0.15, 0.2) is 24.3 Å². The molecule has 0 saturated heterocycles. The van der Waals surface area contributed by atoms with E-state index in [1.165, 1.54) is 23.7 Å². The maximum atomic E-state index is 13.2. The molecule has 2 aromatic heterocycles. The molecule has 2 heterocycles. The van der Waals surface area contributed by atoms with E-state index in [1.54, 1.807) is 12.1 Å². The summed E-state index contributed by atoms with van der Waals surface area (Å²) in [7, 11) is 0. The van der Waals surface area contributed by atoms with Crippen LogP contribution in [-0.4, -0.2) is 20.5 Å². The molecule has 19 heavy (non-hydrogen) atoms. The molecule has 0 radical (unpaired) electrons. The minimum absolute atomic E-state index is 0.167. The number of aromatic amines is 1. The van der Waals surface area contributed by atoms with Gasteiger partial charge in [-0.25, -0.2) is 4.39 Å². The number of carbonyl (C=O) groups excluding carboxylic acids is 1. The van der Waals surface area contributed by atoms with Crippen molar-refractivity contribution < 1.29 is 9.18 Å². The van der Waals surface area contributed by atoms with Crippen molar-refractivity contribution in [2.45, 2.75) is 6.92 Å². The molecule has 2 N–H and O–H groups in total. The molecule has 0 aliphatic heterocycles. The highest BCUT2D eigenvalue weighted by atomic mass is 32.1. The summed E-state index contributed by atoms with van der Waals surface area (Å²) in [6.45, 7) is 1.84. The first-order valence-corrected chi connectivity index (χ1v) is 6.29. The number of fused-ring (bicyclic) bond motifs is 1. The second-order valence-corrected chi connectivity index (χ2v) is 4.85. The van der Waals surface area contributed by atoms with Crippen LogP contribution in [0.25, 0.3) is 10.9 Å². The lowest BCUT2D eigenvalue weighted by Gasteiger charge is -1.98. The molecule has 3 rings (SSSR count). The Bertz CT molecular complexity index is 764. The Morgan fingerprint density at radius 1 is 1.42 bits per heavy atom. The first-order valence-electron chi connectivity index (χ1n) is 5.52. The Morgan fingerprint density at radius 2 is 2.26 bits per heavy atom. The predicted octanol–water partition coefficient (Wildman–Crippen LogP) is 2.72. The van der Waals surface area contributed by atoms with E-state index in [4.69, 9.17) is 0 Å². The molecule has 1 amide bonds. The van der Waals surface area contributed by atoms with Crippen molar-refractivity contribution >= 4 is 33.3 Å². The number of anilines is 1. The largest absolute Gasteiger partial charge is 0.311 e. The smallest absolute Gasteiger partial charge is 0.277 e.